The summed E-state index contributed by atoms with van der Waals surface area (Å²) in [7, 11) is 0. The third kappa shape index (κ3) is 6.01. The SMILES string of the molecule is CCCN1CCC(=NNC(=O)COc2ccc(Cl)cc2Cl)CC1. The van der Waals surface area contributed by atoms with Crippen LogP contribution in [0.5, 0.6) is 5.75 Å². The van der Waals surface area contributed by atoms with E-state index in [9.17, 15) is 4.79 Å². The number of benzene rings is 1. The summed E-state index contributed by atoms with van der Waals surface area (Å²) in [5.41, 5.74) is 3.56. The molecule has 1 fully saturated rings. The van der Waals surface area contributed by atoms with Gasteiger partial charge in [-0.05, 0) is 31.2 Å². The first-order valence-corrected chi connectivity index (χ1v) is 8.48. The van der Waals surface area contributed by atoms with Gasteiger partial charge >= 0.3 is 0 Å². The van der Waals surface area contributed by atoms with Gasteiger partial charge in [0.2, 0.25) is 0 Å². The number of halogens is 2. The molecule has 0 spiro atoms. The Bertz CT molecular complexity index is 568. The molecule has 7 heteroatoms. The van der Waals surface area contributed by atoms with Crippen LogP contribution >= 0.6 is 23.2 Å². The molecule has 1 amide bonds. The van der Waals surface area contributed by atoms with Gasteiger partial charge in [-0.1, -0.05) is 30.1 Å². The number of hydrogen-bond acceptors (Lipinski definition) is 4. The molecule has 0 radical (unpaired) electrons. The van der Waals surface area contributed by atoms with Gasteiger partial charge in [-0.3, -0.25) is 4.79 Å². The van der Waals surface area contributed by atoms with Crippen molar-refractivity contribution in [2.75, 3.05) is 26.2 Å². The van der Waals surface area contributed by atoms with Crippen LogP contribution in [0.1, 0.15) is 26.2 Å². The standard InChI is InChI=1S/C16H21Cl2N3O2/c1-2-7-21-8-5-13(6-9-21)19-20-16(22)11-23-15-4-3-12(17)10-14(15)18/h3-4,10H,2,5-9,11H2,1H3,(H,20,22). The second kappa shape index (κ2) is 9.11. The highest BCUT2D eigenvalue weighted by Gasteiger charge is 2.14. The van der Waals surface area contributed by atoms with Crippen molar-refractivity contribution in [3.8, 4) is 5.75 Å². The first-order chi connectivity index (χ1) is 11.1. The molecule has 0 aromatic heterocycles. The van der Waals surface area contributed by atoms with E-state index in [1.54, 1.807) is 18.2 Å². The van der Waals surface area contributed by atoms with Gasteiger partial charge in [-0.25, -0.2) is 5.43 Å². The first kappa shape index (κ1) is 18.0. The minimum absolute atomic E-state index is 0.139. The molecule has 23 heavy (non-hydrogen) atoms. The Hall–Kier alpha value is -1.30. The fourth-order valence-electron chi connectivity index (χ4n) is 2.37. The molecule has 0 bridgehead atoms. The lowest BCUT2D eigenvalue weighted by Crippen LogP contribution is -2.35. The lowest BCUT2D eigenvalue weighted by atomic mass is 10.1. The Morgan fingerprint density at radius 3 is 2.74 bits per heavy atom. The average molecular weight is 358 g/mol. The molecule has 2 rings (SSSR count). The van der Waals surface area contributed by atoms with Crippen LogP contribution in [-0.2, 0) is 4.79 Å². The van der Waals surface area contributed by atoms with E-state index in [0.29, 0.717) is 15.8 Å². The molecule has 0 atom stereocenters. The third-order valence-corrected chi connectivity index (χ3v) is 4.09. The van der Waals surface area contributed by atoms with Crippen LogP contribution in [0.2, 0.25) is 10.0 Å². The van der Waals surface area contributed by atoms with Crippen molar-refractivity contribution >= 4 is 34.8 Å². The summed E-state index contributed by atoms with van der Waals surface area (Å²) < 4.78 is 5.36. The number of ether oxygens (including phenoxy) is 1. The zero-order valence-electron chi connectivity index (χ0n) is 13.1. The maximum Gasteiger partial charge on any atom is 0.277 e. The summed E-state index contributed by atoms with van der Waals surface area (Å²) in [5, 5.41) is 5.08. The molecule has 1 heterocycles. The molecule has 1 aromatic rings. The number of piperidine rings is 1. The molecule has 1 aliphatic heterocycles. The molecule has 1 aliphatic rings. The largest absolute Gasteiger partial charge is 0.482 e. The van der Waals surface area contributed by atoms with Gasteiger partial charge in [0.15, 0.2) is 6.61 Å². The van der Waals surface area contributed by atoms with E-state index in [1.165, 1.54) is 0 Å². The first-order valence-electron chi connectivity index (χ1n) is 7.73. The number of nitrogens with one attached hydrogen (secondary N) is 1. The van der Waals surface area contributed by atoms with Gasteiger partial charge in [0, 0.05) is 36.7 Å². The van der Waals surface area contributed by atoms with E-state index in [4.69, 9.17) is 27.9 Å². The Morgan fingerprint density at radius 2 is 2.09 bits per heavy atom. The van der Waals surface area contributed by atoms with E-state index < -0.39 is 0 Å². The lowest BCUT2D eigenvalue weighted by molar-refractivity contribution is -0.123. The number of hydrazone groups is 1. The molecule has 1 N–H and O–H groups in total. The highest BCUT2D eigenvalue weighted by atomic mass is 35.5. The number of amides is 1. The summed E-state index contributed by atoms with van der Waals surface area (Å²) in [6.07, 6.45) is 2.95. The van der Waals surface area contributed by atoms with Crippen LogP contribution < -0.4 is 10.2 Å². The highest BCUT2D eigenvalue weighted by Crippen LogP contribution is 2.27. The topological polar surface area (TPSA) is 53.9 Å². The van der Waals surface area contributed by atoms with Crippen molar-refractivity contribution < 1.29 is 9.53 Å². The number of rotatable bonds is 6. The zero-order chi connectivity index (χ0) is 16.7. The van der Waals surface area contributed by atoms with Crippen molar-refractivity contribution in [2.24, 2.45) is 5.10 Å². The van der Waals surface area contributed by atoms with E-state index in [-0.39, 0.29) is 12.5 Å². The predicted molar refractivity (Wildman–Crippen MR) is 93.5 cm³/mol. The maximum atomic E-state index is 11.8. The molecule has 126 valence electrons. The quantitative estimate of drug-likeness (QED) is 0.794. The summed E-state index contributed by atoms with van der Waals surface area (Å²) in [6, 6.07) is 4.86. The summed E-state index contributed by atoms with van der Waals surface area (Å²) in [4.78, 5) is 14.2. The Balaban J connectivity index is 1.74. The van der Waals surface area contributed by atoms with Crippen molar-refractivity contribution in [1.82, 2.24) is 10.3 Å². The Labute approximate surface area is 146 Å². The smallest absolute Gasteiger partial charge is 0.277 e. The highest BCUT2D eigenvalue weighted by molar-refractivity contribution is 6.35. The molecule has 1 saturated heterocycles. The Morgan fingerprint density at radius 1 is 1.35 bits per heavy atom. The van der Waals surface area contributed by atoms with Gasteiger partial charge in [-0.15, -0.1) is 0 Å². The van der Waals surface area contributed by atoms with E-state index >= 15 is 0 Å². The molecule has 5 nitrogen and oxygen atoms in total. The van der Waals surface area contributed by atoms with E-state index in [0.717, 1.165) is 44.6 Å². The van der Waals surface area contributed by atoms with Crippen LogP contribution in [0.3, 0.4) is 0 Å². The van der Waals surface area contributed by atoms with Crippen LogP contribution in [0.4, 0.5) is 0 Å². The molecule has 1 aromatic carbocycles. The van der Waals surface area contributed by atoms with Gasteiger partial charge < -0.3 is 9.64 Å². The average Bonchev–Trinajstić information content (AvgIpc) is 2.54. The number of carbonyl (C=O) groups excluding carboxylic acids is 1. The number of nitrogens with zero attached hydrogens (tertiary/aromatic N) is 2. The second-order valence-corrected chi connectivity index (χ2v) is 6.26. The number of hydrogen-bond donors (Lipinski definition) is 1. The molecular formula is C16H21Cl2N3O2. The maximum absolute atomic E-state index is 11.8. The molecular weight excluding hydrogens is 337 g/mol. The van der Waals surface area contributed by atoms with Gasteiger partial charge in [-0.2, -0.15) is 5.10 Å². The fraction of sp³-hybridized carbons (Fsp3) is 0.500. The monoisotopic (exact) mass is 357 g/mol. The summed E-state index contributed by atoms with van der Waals surface area (Å²) in [5.74, 6) is 0.117. The van der Waals surface area contributed by atoms with Crippen LogP contribution in [-0.4, -0.2) is 42.8 Å². The second-order valence-electron chi connectivity index (χ2n) is 5.42. The number of carbonyl (C=O) groups is 1. The molecule has 0 saturated carbocycles. The minimum Gasteiger partial charge on any atom is -0.482 e. The van der Waals surface area contributed by atoms with Gasteiger partial charge in [0.05, 0.1) is 5.02 Å². The third-order valence-electron chi connectivity index (χ3n) is 3.56. The van der Waals surface area contributed by atoms with Crippen molar-refractivity contribution in [1.29, 1.82) is 0 Å². The van der Waals surface area contributed by atoms with Crippen LogP contribution in [0.25, 0.3) is 0 Å². The Kier molecular flexibility index (Phi) is 7.15. The molecule has 0 aliphatic carbocycles. The van der Waals surface area contributed by atoms with Gasteiger partial charge in [0.1, 0.15) is 5.75 Å². The normalized spacial score (nSPS) is 15.3. The lowest BCUT2D eigenvalue weighted by Gasteiger charge is -2.26. The van der Waals surface area contributed by atoms with Crippen molar-refractivity contribution in [3.63, 3.8) is 0 Å². The minimum atomic E-state index is -0.306. The zero-order valence-corrected chi connectivity index (χ0v) is 14.7. The van der Waals surface area contributed by atoms with Crippen LogP contribution in [0, 0.1) is 0 Å². The number of likely N-dealkylation sites (tertiary alicyclic amines) is 1. The van der Waals surface area contributed by atoms with Crippen molar-refractivity contribution in [2.45, 2.75) is 26.2 Å². The summed E-state index contributed by atoms with van der Waals surface area (Å²) >= 11 is 11.8. The van der Waals surface area contributed by atoms with E-state index in [1.807, 2.05) is 0 Å². The van der Waals surface area contributed by atoms with Crippen LogP contribution in [0.15, 0.2) is 23.3 Å². The van der Waals surface area contributed by atoms with Gasteiger partial charge in [0.25, 0.3) is 5.91 Å². The summed E-state index contributed by atoms with van der Waals surface area (Å²) in [6.45, 7) is 5.16. The van der Waals surface area contributed by atoms with E-state index in [2.05, 4.69) is 22.4 Å². The van der Waals surface area contributed by atoms with Crippen molar-refractivity contribution in [3.05, 3.63) is 28.2 Å². The predicted octanol–water partition coefficient (Wildman–Crippen LogP) is 3.35. The fourth-order valence-corrected chi connectivity index (χ4v) is 2.84. The molecule has 0 unspecified atom stereocenters.